The summed E-state index contributed by atoms with van der Waals surface area (Å²) in [6, 6.07) is 11.2. The van der Waals surface area contributed by atoms with E-state index in [1.54, 1.807) is 7.11 Å². The molecule has 3 rings (SSSR count). The molecule has 2 unspecified atom stereocenters. The summed E-state index contributed by atoms with van der Waals surface area (Å²) in [4.78, 5) is 9.05. The summed E-state index contributed by atoms with van der Waals surface area (Å²) in [5.41, 5.74) is 1.29. The van der Waals surface area contributed by atoms with E-state index in [0.717, 1.165) is 56.4 Å². The lowest BCUT2D eigenvalue weighted by Gasteiger charge is -2.37. The molecule has 0 amide bonds. The molecule has 8 nitrogen and oxygen atoms in total. The Kier molecular flexibility index (Phi) is 11.0. The van der Waals surface area contributed by atoms with Crippen LogP contribution >= 0.6 is 24.0 Å². The minimum atomic E-state index is -0.0203. The Morgan fingerprint density at radius 3 is 2.64 bits per heavy atom. The number of ether oxygens (including phenoxy) is 1. The van der Waals surface area contributed by atoms with Gasteiger partial charge in [-0.05, 0) is 31.7 Å². The Balaban J connectivity index is 0.00000385. The highest BCUT2D eigenvalue weighted by atomic mass is 127. The third-order valence-electron chi connectivity index (χ3n) is 6.51. The van der Waals surface area contributed by atoms with Crippen molar-refractivity contribution in [2.45, 2.75) is 77.2 Å². The number of aliphatic imine (C=N–C) groups is 1. The highest BCUT2D eigenvalue weighted by molar-refractivity contribution is 14.0. The van der Waals surface area contributed by atoms with Gasteiger partial charge >= 0.3 is 0 Å². The summed E-state index contributed by atoms with van der Waals surface area (Å²) >= 11 is 0. The summed E-state index contributed by atoms with van der Waals surface area (Å²) in [6.07, 6.45) is 3.95. The first-order valence-electron chi connectivity index (χ1n) is 11.7. The van der Waals surface area contributed by atoms with Crippen molar-refractivity contribution >= 4 is 29.9 Å². The number of nitrogens with zero attached hydrogens (tertiary/aromatic N) is 4. The standard InChI is InChI=1S/C24H39N7O.HI/c1-6-24(7-2,29-18(3)19-11-9-8-10-12-19)17-26-23(25-4)27-20-13-14-22-28-21(16-32-5)30-31(22)15-20;/h8-12,18,20,29H,6-7,13-17H2,1-5H3,(H2,25,26,27);1H. The zero-order chi connectivity index (χ0) is 23.0. The number of methoxy groups -OCH3 is 1. The van der Waals surface area contributed by atoms with Crippen molar-refractivity contribution in [3.05, 3.63) is 47.5 Å². The largest absolute Gasteiger partial charge is 0.377 e. The van der Waals surface area contributed by atoms with Gasteiger partial charge in [-0.3, -0.25) is 4.99 Å². The van der Waals surface area contributed by atoms with Gasteiger partial charge in [0.1, 0.15) is 12.4 Å². The van der Waals surface area contributed by atoms with Crippen LogP contribution in [0.5, 0.6) is 0 Å². The number of benzene rings is 1. The van der Waals surface area contributed by atoms with Crippen molar-refractivity contribution in [1.29, 1.82) is 0 Å². The molecule has 2 atom stereocenters. The van der Waals surface area contributed by atoms with Crippen LogP contribution in [0.3, 0.4) is 0 Å². The van der Waals surface area contributed by atoms with E-state index in [-0.39, 0.29) is 41.6 Å². The number of rotatable bonds is 10. The second-order valence-electron chi connectivity index (χ2n) is 8.63. The molecule has 0 bridgehead atoms. The number of guanidine groups is 1. The third kappa shape index (κ3) is 7.38. The molecule has 33 heavy (non-hydrogen) atoms. The topological polar surface area (TPSA) is 88.4 Å². The summed E-state index contributed by atoms with van der Waals surface area (Å²) in [5.74, 6) is 2.61. The number of aromatic nitrogens is 3. The molecule has 3 N–H and O–H groups in total. The molecule has 0 saturated heterocycles. The van der Waals surface area contributed by atoms with Crippen molar-refractivity contribution in [3.63, 3.8) is 0 Å². The van der Waals surface area contributed by atoms with Gasteiger partial charge in [0, 0.05) is 44.7 Å². The average molecular weight is 570 g/mol. The lowest BCUT2D eigenvalue weighted by atomic mass is 9.90. The highest BCUT2D eigenvalue weighted by Crippen LogP contribution is 2.21. The van der Waals surface area contributed by atoms with Crippen molar-refractivity contribution < 1.29 is 4.74 Å². The smallest absolute Gasteiger partial charge is 0.191 e. The van der Waals surface area contributed by atoms with Crippen LogP contribution in [0.1, 0.15) is 63.3 Å². The monoisotopic (exact) mass is 569 g/mol. The normalized spacial score (nSPS) is 17.1. The van der Waals surface area contributed by atoms with Gasteiger partial charge in [-0.2, -0.15) is 5.10 Å². The van der Waals surface area contributed by atoms with Crippen LogP contribution in [0.2, 0.25) is 0 Å². The van der Waals surface area contributed by atoms with E-state index >= 15 is 0 Å². The first-order chi connectivity index (χ1) is 15.5. The van der Waals surface area contributed by atoms with Crippen molar-refractivity contribution in [2.24, 2.45) is 4.99 Å². The zero-order valence-corrected chi connectivity index (χ0v) is 22.9. The van der Waals surface area contributed by atoms with Crippen LogP contribution in [-0.2, 0) is 24.3 Å². The quantitative estimate of drug-likeness (QED) is 0.231. The molecule has 1 aliphatic heterocycles. The SMILES string of the molecule is CCC(CC)(CNC(=NC)NC1CCc2nc(COC)nn2C1)NC(C)c1ccccc1.I. The van der Waals surface area contributed by atoms with Crippen molar-refractivity contribution in [3.8, 4) is 0 Å². The van der Waals surface area contributed by atoms with E-state index in [0.29, 0.717) is 6.61 Å². The number of fused-ring (bicyclic) bond motifs is 1. The predicted molar refractivity (Wildman–Crippen MR) is 144 cm³/mol. The predicted octanol–water partition coefficient (Wildman–Crippen LogP) is 3.43. The highest BCUT2D eigenvalue weighted by Gasteiger charge is 2.29. The summed E-state index contributed by atoms with van der Waals surface area (Å²) < 4.78 is 7.16. The summed E-state index contributed by atoms with van der Waals surface area (Å²) in [7, 11) is 3.50. The van der Waals surface area contributed by atoms with E-state index in [1.165, 1.54) is 5.56 Å². The van der Waals surface area contributed by atoms with Crippen LogP contribution < -0.4 is 16.0 Å². The molecule has 0 saturated carbocycles. The first kappa shape index (κ1) is 27.5. The second-order valence-corrected chi connectivity index (χ2v) is 8.63. The van der Waals surface area contributed by atoms with Gasteiger partial charge < -0.3 is 20.7 Å². The Morgan fingerprint density at radius 2 is 2.00 bits per heavy atom. The van der Waals surface area contributed by atoms with Gasteiger partial charge in [0.2, 0.25) is 0 Å². The molecule has 2 heterocycles. The fourth-order valence-electron chi connectivity index (χ4n) is 4.35. The van der Waals surface area contributed by atoms with Gasteiger partial charge in [-0.1, -0.05) is 44.2 Å². The zero-order valence-electron chi connectivity index (χ0n) is 20.6. The van der Waals surface area contributed by atoms with Crippen LogP contribution in [0.4, 0.5) is 0 Å². The molecule has 9 heteroatoms. The molecule has 0 radical (unpaired) electrons. The van der Waals surface area contributed by atoms with Gasteiger partial charge in [-0.25, -0.2) is 9.67 Å². The Labute approximate surface area is 215 Å². The Morgan fingerprint density at radius 1 is 1.27 bits per heavy atom. The molecular weight excluding hydrogens is 529 g/mol. The number of nitrogens with one attached hydrogen (secondary N) is 3. The van der Waals surface area contributed by atoms with E-state index in [2.05, 4.69) is 82.1 Å². The van der Waals surface area contributed by atoms with Crippen LogP contribution in [0.15, 0.2) is 35.3 Å². The number of hydrogen-bond donors (Lipinski definition) is 3. The van der Waals surface area contributed by atoms with E-state index in [9.17, 15) is 0 Å². The molecule has 2 aromatic rings. The average Bonchev–Trinajstić information content (AvgIpc) is 3.23. The van der Waals surface area contributed by atoms with E-state index < -0.39 is 0 Å². The molecule has 184 valence electrons. The first-order valence-corrected chi connectivity index (χ1v) is 11.7. The van der Waals surface area contributed by atoms with Gasteiger partial charge in [0.05, 0.1) is 6.54 Å². The van der Waals surface area contributed by atoms with Crippen LogP contribution in [0.25, 0.3) is 0 Å². The Hall–Kier alpha value is -1.72. The fraction of sp³-hybridized carbons (Fsp3) is 0.625. The van der Waals surface area contributed by atoms with Crippen LogP contribution in [-0.4, -0.2) is 53.0 Å². The Bertz CT molecular complexity index is 867. The second kappa shape index (κ2) is 13.2. The molecule has 1 aliphatic rings. The maximum Gasteiger partial charge on any atom is 0.191 e. The fourth-order valence-corrected chi connectivity index (χ4v) is 4.35. The number of halogens is 1. The molecule has 0 aliphatic carbocycles. The molecule has 0 spiro atoms. The molecule has 1 aromatic heterocycles. The third-order valence-corrected chi connectivity index (χ3v) is 6.51. The van der Waals surface area contributed by atoms with E-state index in [1.807, 2.05) is 11.7 Å². The minimum absolute atomic E-state index is 0. The van der Waals surface area contributed by atoms with Crippen molar-refractivity contribution in [1.82, 2.24) is 30.7 Å². The van der Waals surface area contributed by atoms with Crippen LogP contribution in [0, 0.1) is 0 Å². The van der Waals surface area contributed by atoms with Gasteiger partial charge in [0.15, 0.2) is 11.8 Å². The maximum atomic E-state index is 5.17. The minimum Gasteiger partial charge on any atom is -0.377 e. The molecular formula is C24H40IN7O. The van der Waals surface area contributed by atoms with Gasteiger partial charge in [-0.15, -0.1) is 24.0 Å². The van der Waals surface area contributed by atoms with Gasteiger partial charge in [0.25, 0.3) is 0 Å². The number of hydrogen-bond acceptors (Lipinski definition) is 5. The van der Waals surface area contributed by atoms with E-state index in [4.69, 9.17) is 4.74 Å². The summed E-state index contributed by atoms with van der Waals surface area (Å²) in [5, 5.41) is 15.6. The molecule has 1 aromatic carbocycles. The lowest BCUT2D eigenvalue weighted by Crippen LogP contribution is -2.56. The maximum absolute atomic E-state index is 5.17. The number of aryl methyl sites for hydroxylation is 1. The lowest BCUT2D eigenvalue weighted by molar-refractivity contribution is 0.177. The molecule has 0 fully saturated rings. The summed E-state index contributed by atoms with van der Waals surface area (Å²) in [6.45, 7) is 8.76. The van der Waals surface area contributed by atoms with Crippen molar-refractivity contribution in [2.75, 3.05) is 20.7 Å².